The van der Waals surface area contributed by atoms with E-state index in [2.05, 4.69) is 5.32 Å². The first-order valence-electron chi connectivity index (χ1n) is 7.50. The van der Waals surface area contributed by atoms with Crippen LogP contribution in [0.5, 0.6) is 0 Å². The van der Waals surface area contributed by atoms with Crippen LogP contribution in [0.3, 0.4) is 0 Å². The molecule has 1 fully saturated rings. The summed E-state index contributed by atoms with van der Waals surface area (Å²) in [5.74, 6) is -1.05. The Labute approximate surface area is 134 Å². The number of rotatable bonds is 4. The monoisotopic (exact) mass is 326 g/mol. The van der Waals surface area contributed by atoms with E-state index in [0.717, 1.165) is 25.7 Å². The number of carbonyl (C=O) groups is 2. The minimum atomic E-state index is -0.555. The molecule has 22 heavy (non-hydrogen) atoms. The van der Waals surface area contributed by atoms with E-state index in [9.17, 15) is 14.0 Å². The Balaban J connectivity index is 2.03. The summed E-state index contributed by atoms with van der Waals surface area (Å²) in [6.45, 7) is 1.28. The van der Waals surface area contributed by atoms with Gasteiger partial charge in [0.15, 0.2) is 0 Å². The number of anilines is 1. The van der Waals surface area contributed by atoms with Gasteiger partial charge in [0.2, 0.25) is 11.8 Å². The number of nitrogens with zero attached hydrogens (tertiary/aromatic N) is 1. The van der Waals surface area contributed by atoms with Crippen LogP contribution < -0.4 is 10.2 Å². The molecule has 1 aliphatic rings. The van der Waals surface area contributed by atoms with Crippen molar-refractivity contribution in [2.24, 2.45) is 0 Å². The summed E-state index contributed by atoms with van der Waals surface area (Å²) in [7, 11) is 0. The van der Waals surface area contributed by atoms with Gasteiger partial charge in [0.25, 0.3) is 0 Å². The van der Waals surface area contributed by atoms with Crippen molar-refractivity contribution in [2.45, 2.75) is 45.1 Å². The number of carbonyl (C=O) groups excluding carboxylic acids is 2. The van der Waals surface area contributed by atoms with Crippen LogP contribution in [0.25, 0.3) is 0 Å². The number of hydrogen-bond acceptors (Lipinski definition) is 2. The Kier molecular flexibility index (Phi) is 5.77. The molecule has 0 aliphatic heterocycles. The highest BCUT2D eigenvalue weighted by atomic mass is 35.5. The van der Waals surface area contributed by atoms with Crippen LogP contribution >= 0.6 is 11.6 Å². The molecule has 0 heterocycles. The Bertz CT molecular complexity index is 559. The predicted octanol–water partition coefficient (Wildman–Crippen LogP) is 3.28. The van der Waals surface area contributed by atoms with Gasteiger partial charge >= 0.3 is 0 Å². The Hall–Kier alpha value is -1.62. The first kappa shape index (κ1) is 16.7. The minimum absolute atomic E-state index is 0.0727. The van der Waals surface area contributed by atoms with Crippen LogP contribution in [0.1, 0.15) is 39.0 Å². The first-order valence-corrected chi connectivity index (χ1v) is 7.87. The van der Waals surface area contributed by atoms with Gasteiger partial charge in [-0.1, -0.05) is 30.9 Å². The average molecular weight is 327 g/mol. The molecule has 0 radical (unpaired) electrons. The van der Waals surface area contributed by atoms with Gasteiger partial charge < -0.3 is 10.2 Å². The molecule has 6 heteroatoms. The standard InChI is InChI=1S/C16H20ClFN2O2/c1-11(21)20(13-7-8-15(18)14(17)9-13)10-16(22)19-12-5-3-2-4-6-12/h7-9,12H,2-6,10H2,1H3,(H,19,22). The quantitative estimate of drug-likeness (QED) is 0.923. The molecule has 1 aliphatic carbocycles. The molecule has 120 valence electrons. The van der Waals surface area contributed by atoms with Crippen molar-refractivity contribution in [1.29, 1.82) is 0 Å². The van der Waals surface area contributed by atoms with E-state index in [0.29, 0.717) is 5.69 Å². The number of nitrogens with one attached hydrogen (secondary N) is 1. The normalized spacial score (nSPS) is 15.4. The fourth-order valence-corrected chi connectivity index (χ4v) is 2.88. The summed E-state index contributed by atoms with van der Waals surface area (Å²) in [5, 5.41) is 2.89. The first-order chi connectivity index (χ1) is 10.5. The van der Waals surface area contributed by atoms with Crippen molar-refractivity contribution in [3.05, 3.63) is 29.0 Å². The van der Waals surface area contributed by atoms with Crippen molar-refractivity contribution in [3.8, 4) is 0 Å². The summed E-state index contributed by atoms with van der Waals surface area (Å²) in [6.07, 6.45) is 5.41. The van der Waals surface area contributed by atoms with Crippen molar-refractivity contribution < 1.29 is 14.0 Å². The molecule has 0 bridgehead atoms. The zero-order valence-electron chi connectivity index (χ0n) is 12.6. The number of hydrogen-bond donors (Lipinski definition) is 1. The van der Waals surface area contributed by atoms with Crippen LogP contribution in [0.2, 0.25) is 5.02 Å². The van der Waals surface area contributed by atoms with Crippen molar-refractivity contribution >= 4 is 29.1 Å². The van der Waals surface area contributed by atoms with Crippen LogP contribution in [-0.2, 0) is 9.59 Å². The minimum Gasteiger partial charge on any atom is -0.352 e. The lowest BCUT2D eigenvalue weighted by molar-refractivity contribution is -0.123. The molecule has 2 rings (SSSR count). The number of amides is 2. The van der Waals surface area contributed by atoms with Crippen LogP contribution in [0.4, 0.5) is 10.1 Å². The van der Waals surface area contributed by atoms with E-state index < -0.39 is 5.82 Å². The second kappa shape index (κ2) is 7.58. The van der Waals surface area contributed by atoms with Gasteiger partial charge in [-0.2, -0.15) is 0 Å². The van der Waals surface area contributed by atoms with Crippen molar-refractivity contribution in [2.75, 3.05) is 11.4 Å². The third kappa shape index (κ3) is 4.44. The zero-order chi connectivity index (χ0) is 16.1. The smallest absolute Gasteiger partial charge is 0.240 e. The highest BCUT2D eigenvalue weighted by Gasteiger charge is 2.20. The van der Waals surface area contributed by atoms with Gasteiger partial charge in [-0.3, -0.25) is 9.59 Å². The fourth-order valence-electron chi connectivity index (χ4n) is 2.70. The summed E-state index contributed by atoms with van der Waals surface area (Å²) in [5.41, 5.74) is 0.415. The summed E-state index contributed by atoms with van der Waals surface area (Å²) in [4.78, 5) is 25.2. The second-order valence-electron chi connectivity index (χ2n) is 5.61. The van der Waals surface area contributed by atoms with E-state index in [4.69, 9.17) is 11.6 Å². The predicted molar refractivity (Wildman–Crippen MR) is 84.5 cm³/mol. The van der Waals surface area contributed by atoms with E-state index in [1.54, 1.807) is 0 Å². The maximum atomic E-state index is 13.2. The lowest BCUT2D eigenvalue weighted by atomic mass is 9.95. The van der Waals surface area contributed by atoms with E-state index >= 15 is 0 Å². The molecule has 0 atom stereocenters. The molecule has 1 saturated carbocycles. The molecule has 0 saturated heterocycles. The third-order valence-electron chi connectivity index (χ3n) is 3.87. The molecule has 2 amide bonds. The lowest BCUT2D eigenvalue weighted by Crippen LogP contribution is -2.44. The lowest BCUT2D eigenvalue weighted by Gasteiger charge is -2.25. The third-order valence-corrected chi connectivity index (χ3v) is 4.16. The molecule has 1 aromatic rings. The molecule has 0 unspecified atom stereocenters. The van der Waals surface area contributed by atoms with Gasteiger partial charge in [-0.05, 0) is 31.0 Å². The number of benzene rings is 1. The maximum Gasteiger partial charge on any atom is 0.240 e. The summed E-state index contributed by atoms with van der Waals surface area (Å²) < 4.78 is 13.2. The largest absolute Gasteiger partial charge is 0.352 e. The highest BCUT2D eigenvalue weighted by Crippen LogP contribution is 2.23. The Morgan fingerprint density at radius 2 is 2.00 bits per heavy atom. The van der Waals surface area contributed by atoms with Crippen LogP contribution in [-0.4, -0.2) is 24.4 Å². The molecular formula is C16H20ClFN2O2. The molecule has 1 N–H and O–H groups in total. The average Bonchev–Trinajstić information content (AvgIpc) is 2.48. The zero-order valence-corrected chi connectivity index (χ0v) is 13.3. The molecule has 0 aromatic heterocycles. The van der Waals surface area contributed by atoms with Crippen molar-refractivity contribution in [1.82, 2.24) is 5.32 Å². The van der Waals surface area contributed by atoms with Gasteiger partial charge in [-0.25, -0.2) is 4.39 Å². The molecular weight excluding hydrogens is 307 g/mol. The second-order valence-corrected chi connectivity index (χ2v) is 6.01. The SMILES string of the molecule is CC(=O)N(CC(=O)NC1CCCCC1)c1ccc(F)c(Cl)c1. The fraction of sp³-hybridized carbons (Fsp3) is 0.500. The van der Waals surface area contributed by atoms with E-state index in [1.165, 1.54) is 36.4 Å². The van der Waals surface area contributed by atoms with Gasteiger partial charge in [0.1, 0.15) is 12.4 Å². The summed E-state index contributed by atoms with van der Waals surface area (Å²) >= 11 is 5.74. The topological polar surface area (TPSA) is 49.4 Å². The summed E-state index contributed by atoms with van der Waals surface area (Å²) in [6, 6.07) is 4.17. The highest BCUT2D eigenvalue weighted by molar-refractivity contribution is 6.31. The van der Waals surface area contributed by atoms with Crippen LogP contribution in [0.15, 0.2) is 18.2 Å². The number of halogens is 2. The van der Waals surface area contributed by atoms with E-state index in [-0.39, 0.29) is 29.4 Å². The van der Waals surface area contributed by atoms with E-state index in [1.807, 2.05) is 0 Å². The van der Waals surface area contributed by atoms with Crippen molar-refractivity contribution in [3.63, 3.8) is 0 Å². The van der Waals surface area contributed by atoms with Gasteiger partial charge in [-0.15, -0.1) is 0 Å². The molecule has 4 nitrogen and oxygen atoms in total. The van der Waals surface area contributed by atoms with Crippen LogP contribution in [0, 0.1) is 5.82 Å². The maximum absolute atomic E-state index is 13.2. The van der Waals surface area contributed by atoms with Gasteiger partial charge in [0, 0.05) is 18.7 Å². The molecule has 0 spiro atoms. The van der Waals surface area contributed by atoms with Gasteiger partial charge in [0.05, 0.1) is 5.02 Å². The Morgan fingerprint density at radius 1 is 1.32 bits per heavy atom. The Morgan fingerprint density at radius 3 is 2.59 bits per heavy atom. The molecule has 1 aromatic carbocycles.